The maximum Gasteiger partial charge on any atom is 0.223 e. The lowest BCUT2D eigenvalue weighted by Gasteiger charge is -2.09. The molecule has 0 aromatic heterocycles. The van der Waals surface area contributed by atoms with E-state index in [4.69, 9.17) is 4.74 Å². The number of carbonyl (C=O) groups excluding carboxylic acids is 2. The van der Waals surface area contributed by atoms with Crippen molar-refractivity contribution in [3.63, 3.8) is 0 Å². The molecule has 1 aromatic carbocycles. The van der Waals surface area contributed by atoms with Crippen molar-refractivity contribution in [2.75, 3.05) is 13.2 Å². The summed E-state index contributed by atoms with van der Waals surface area (Å²) in [5.41, 5.74) is 0.186. The third-order valence-corrected chi connectivity index (χ3v) is 2.28. The Morgan fingerprint density at radius 2 is 2.11 bits per heavy atom. The first-order chi connectivity index (χ1) is 8.54. The van der Waals surface area contributed by atoms with Crippen LogP contribution in [0.25, 0.3) is 0 Å². The van der Waals surface area contributed by atoms with Crippen molar-refractivity contribution in [2.45, 2.75) is 20.3 Å². The first-order valence-corrected chi connectivity index (χ1v) is 5.74. The number of hydrogen-bond acceptors (Lipinski definition) is 3. The van der Waals surface area contributed by atoms with Gasteiger partial charge in [-0.25, -0.2) is 4.39 Å². The zero-order valence-electron chi connectivity index (χ0n) is 10.5. The maximum absolute atomic E-state index is 13.0. The number of ether oxygens (including phenoxy) is 1. The molecule has 1 N–H and O–H groups in total. The number of carbonyl (C=O) groups is 2. The van der Waals surface area contributed by atoms with Crippen molar-refractivity contribution in [3.8, 4) is 5.75 Å². The normalized spacial score (nSPS) is 9.94. The van der Waals surface area contributed by atoms with E-state index in [-0.39, 0.29) is 30.3 Å². The van der Waals surface area contributed by atoms with Gasteiger partial charge >= 0.3 is 0 Å². The quantitative estimate of drug-likeness (QED) is 0.788. The Morgan fingerprint density at radius 3 is 2.72 bits per heavy atom. The van der Waals surface area contributed by atoms with Crippen LogP contribution in [0.3, 0.4) is 0 Å². The van der Waals surface area contributed by atoms with Crippen LogP contribution in [0, 0.1) is 5.82 Å². The number of hydrogen-bond donors (Lipinski definition) is 1. The van der Waals surface area contributed by atoms with E-state index < -0.39 is 5.82 Å². The van der Waals surface area contributed by atoms with Gasteiger partial charge in [0.2, 0.25) is 5.91 Å². The summed E-state index contributed by atoms with van der Waals surface area (Å²) in [4.78, 5) is 22.5. The van der Waals surface area contributed by atoms with Crippen LogP contribution in [0.2, 0.25) is 0 Å². The van der Waals surface area contributed by atoms with Crippen LogP contribution in [-0.4, -0.2) is 24.8 Å². The topological polar surface area (TPSA) is 55.4 Å². The minimum absolute atomic E-state index is 0.121. The Labute approximate surface area is 105 Å². The Kier molecular flexibility index (Phi) is 5.30. The minimum atomic E-state index is -0.490. The van der Waals surface area contributed by atoms with Crippen LogP contribution in [0.1, 0.15) is 30.6 Å². The fourth-order valence-corrected chi connectivity index (χ4v) is 1.44. The molecule has 18 heavy (non-hydrogen) atoms. The monoisotopic (exact) mass is 253 g/mol. The second-order valence-corrected chi connectivity index (χ2v) is 3.75. The van der Waals surface area contributed by atoms with Gasteiger partial charge < -0.3 is 10.1 Å². The van der Waals surface area contributed by atoms with Crippen molar-refractivity contribution >= 4 is 11.7 Å². The van der Waals surface area contributed by atoms with Crippen LogP contribution in [0.15, 0.2) is 18.2 Å². The Bertz CT molecular complexity index is 446. The van der Waals surface area contributed by atoms with E-state index in [0.717, 1.165) is 6.07 Å². The van der Waals surface area contributed by atoms with Crippen molar-refractivity contribution in [3.05, 3.63) is 29.6 Å². The van der Waals surface area contributed by atoms with Gasteiger partial charge in [-0.05, 0) is 32.0 Å². The highest BCUT2D eigenvalue weighted by Crippen LogP contribution is 2.20. The average Bonchev–Trinajstić information content (AvgIpc) is 2.31. The molecule has 0 aliphatic carbocycles. The summed E-state index contributed by atoms with van der Waals surface area (Å²) in [7, 11) is 0. The van der Waals surface area contributed by atoms with Gasteiger partial charge in [0, 0.05) is 6.54 Å². The van der Waals surface area contributed by atoms with E-state index in [1.165, 1.54) is 19.1 Å². The van der Waals surface area contributed by atoms with Crippen molar-refractivity contribution < 1.29 is 18.7 Å². The molecule has 0 bridgehead atoms. The molecule has 1 aromatic rings. The summed E-state index contributed by atoms with van der Waals surface area (Å²) in [6.45, 7) is 3.88. The van der Waals surface area contributed by atoms with E-state index in [0.29, 0.717) is 12.3 Å². The average molecular weight is 253 g/mol. The Balaban J connectivity index is 2.62. The molecular weight excluding hydrogens is 237 g/mol. The SMILES string of the molecule is CCNC(=O)CCOc1ccc(F)cc1C(C)=O. The molecule has 0 aliphatic rings. The molecule has 0 saturated carbocycles. The third kappa shape index (κ3) is 4.16. The molecule has 1 rings (SSSR count). The largest absolute Gasteiger partial charge is 0.492 e. The molecule has 4 nitrogen and oxygen atoms in total. The molecule has 0 aliphatic heterocycles. The fourth-order valence-electron chi connectivity index (χ4n) is 1.44. The van der Waals surface area contributed by atoms with Crippen LogP contribution >= 0.6 is 0 Å². The summed E-state index contributed by atoms with van der Waals surface area (Å²) in [6, 6.07) is 3.74. The van der Waals surface area contributed by atoms with Gasteiger partial charge in [0.05, 0.1) is 18.6 Å². The lowest BCUT2D eigenvalue weighted by atomic mass is 10.1. The van der Waals surface area contributed by atoms with E-state index in [9.17, 15) is 14.0 Å². The van der Waals surface area contributed by atoms with E-state index in [1.807, 2.05) is 6.92 Å². The summed E-state index contributed by atoms with van der Waals surface area (Å²) in [6.07, 6.45) is 0.197. The highest BCUT2D eigenvalue weighted by molar-refractivity contribution is 5.96. The molecule has 0 fully saturated rings. The number of amides is 1. The van der Waals surface area contributed by atoms with Crippen molar-refractivity contribution in [2.24, 2.45) is 0 Å². The molecule has 0 heterocycles. The molecule has 0 radical (unpaired) electrons. The number of Topliss-reactive ketones (excluding diaryl/α,β-unsaturated/α-hetero) is 1. The highest BCUT2D eigenvalue weighted by Gasteiger charge is 2.10. The van der Waals surface area contributed by atoms with E-state index in [2.05, 4.69) is 5.32 Å². The first kappa shape index (κ1) is 14.2. The van der Waals surface area contributed by atoms with Gasteiger partial charge in [-0.3, -0.25) is 9.59 Å². The van der Waals surface area contributed by atoms with Gasteiger partial charge in [-0.1, -0.05) is 0 Å². The third-order valence-electron chi connectivity index (χ3n) is 2.28. The highest BCUT2D eigenvalue weighted by atomic mass is 19.1. The zero-order valence-corrected chi connectivity index (χ0v) is 10.5. The number of rotatable bonds is 6. The molecule has 0 unspecified atom stereocenters. The number of halogens is 1. The molecule has 0 saturated heterocycles. The number of nitrogens with one attached hydrogen (secondary N) is 1. The van der Waals surface area contributed by atoms with Gasteiger partial charge in [0.25, 0.3) is 0 Å². The minimum Gasteiger partial charge on any atom is -0.492 e. The summed E-state index contributed by atoms with van der Waals surface area (Å²) < 4.78 is 18.3. The Hall–Kier alpha value is -1.91. The predicted molar refractivity (Wildman–Crippen MR) is 65.2 cm³/mol. The lowest BCUT2D eigenvalue weighted by molar-refractivity contribution is -0.121. The summed E-state index contributed by atoms with van der Waals surface area (Å²) >= 11 is 0. The van der Waals surface area contributed by atoms with Crippen molar-refractivity contribution in [1.29, 1.82) is 0 Å². The Morgan fingerprint density at radius 1 is 1.39 bits per heavy atom. The summed E-state index contributed by atoms with van der Waals surface area (Å²) in [5, 5.41) is 2.63. The van der Waals surface area contributed by atoms with Gasteiger partial charge in [0.1, 0.15) is 11.6 Å². The van der Waals surface area contributed by atoms with Crippen LogP contribution in [0.5, 0.6) is 5.75 Å². The zero-order chi connectivity index (χ0) is 13.5. The number of ketones is 1. The predicted octanol–water partition coefficient (Wildman–Crippen LogP) is 1.93. The van der Waals surface area contributed by atoms with E-state index in [1.54, 1.807) is 0 Å². The summed E-state index contributed by atoms with van der Waals surface area (Å²) in [5.74, 6) is -0.587. The van der Waals surface area contributed by atoms with Crippen LogP contribution in [0.4, 0.5) is 4.39 Å². The van der Waals surface area contributed by atoms with Crippen LogP contribution in [-0.2, 0) is 4.79 Å². The van der Waals surface area contributed by atoms with Crippen molar-refractivity contribution in [1.82, 2.24) is 5.32 Å². The second-order valence-electron chi connectivity index (χ2n) is 3.75. The first-order valence-electron chi connectivity index (χ1n) is 5.74. The smallest absolute Gasteiger partial charge is 0.223 e. The van der Waals surface area contributed by atoms with E-state index >= 15 is 0 Å². The molecule has 98 valence electrons. The molecular formula is C13H16FNO3. The fraction of sp³-hybridized carbons (Fsp3) is 0.385. The standard InChI is InChI=1S/C13H16FNO3/c1-3-15-13(17)6-7-18-12-5-4-10(14)8-11(12)9(2)16/h4-5,8H,3,6-7H2,1-2H3,(H,15,17). The second kappa shape index (κ2) is 6.74. The van der Waals surface area contributed by atoms with Crippen LogP contribution < -0.4 is 10.1 Å². The maximum atomic E-state index is 13.0. The number of benzene rings is 1. The lowest BCUT2D eigenvalue weighted by Crippen LogP contribution is -2.24. The molecule has 0 spiro atoms. The molecule has 0 atom stereocenters. The van der Waals surface area contributed by atoms with Gasteiger partial charge in [0.15, 0.2) is 5.78 Å². The molecule has 5 heteroatoms. The van der Waals surface area contributed by atoms with Gasteiger partial charge in [-0.15, -0.1) is 0 Å². The van der Waals surface area contributed by atoms with Gasteiger partial charge in [-0.2, -0.15) is 0 Å². The molecule has 1 amide bonds.